The van der Waals surface area contributed by atoms with Gasteiger partial charge in [0.2, 0.25) is 0 Å². The molecule has 0 spiro atoms. The van der Waals surface area contributed by atoms with Gasteiger partial charge in [0.1, 0.15) is 18.2 Å². The number of halogens is 1. The van der Waals surface area contributed by atoms with Crippen molar-refractivity contribution in [2.24, 2.45) is 5.73 Å². The van der Waals surface area contributed by atoms with E-state index in [-0.39, 0.29) is 37.8 Å². The Morgan fingerprint density at radius 1 is 1.18 bits per heavy atom. The molecule has 1 aromatic rings. The molecule has 0 bridgehead atoms. The van der Waals surface area contributed by atoms with E-state index in [0.29, 0.717) is 0 Å². The van der Waals surface area contributed by atoms with Gasteiger partial charge in [0.05, 0.1) is 0 Å². The average Bonchev–Trinajstić information content (AvgIpc) is 2.41. The molecular formula is C16H24ClNO4. The van der Waals surface area contributed by atoms with Crippen molar-refractivity contribution in [3.8, 4) is 0 Å². The third-order valence-electron chi connectivity index (χ3n) is 2.61. The van der Waals surface area contributed by atoms with E-state index in [9.17, 15) is 9.59 Å². The summed E-state index contributed by atoms with van der Waals surface area (Å²) >= 11 is 0. The zero-order chi connectivity index (χ0) is 15.9. The lowest BCUT2D eigenvalue weighted by Crippen LogP contribution is -2.37. The van der Waals surface area contributed by atoms with E-state index in [1.54, 1.807) is 20.8 Å². The van der Waals surface area contributed by atoms with E-state index in [4.69, 9.17) is 15.2 Å². The van der Waals surface area contributed by atoms with Crippen LogP contribution in [-0.2, 0) is 25.7 Å². The molecule has 2 N–H and O–H groups in total. The van der Waals surface area contributed by atoms with Gasteiger partial charge in [-0.15, -0.1) is 12.4 Å². The van der Waals surface area contributed by atoms with Crippen LogP contribution in [0, 0.1) is 0 Å². The highest BCUT2D eigenvalue weighted by Crippen LogP contribution is 2.10. The lowest BCUT2D eigenvalue weighted by Gasteiger charge is -2.22. The predicted molar refractivity (Wildman–Crippen MR) is 86.5 cm³/mol. The highest BCUT2D eigenvalue weighted by Gasteiger charge is 2.22. The summed E-state index contributed by atoms with van der Waals surface area (Å²) in [6, 6.07) is 8.59. The molecule has 0 amide bonds. The van der Waals surface area contributed by atoms with Gasteiger partial charge in [-0.25, -0.2) is 0 Å². The summed E-state index contributed by atoms with van der Waals surface area (Å²) in [5.74, 6) is -0.878. The lowest BCUT2D eigenvalue weighted by atomic mass is 10.1. The van der Waals surface area contributed by atoms with Gasteiger partial charge >= 0.3 is 11.9 Å². The third kappa shape index (κ3) is 8.64. The van der Waals surface area contributed by atoms with E-state index in [1.807, 2.05) is 30.3 Å². The van der Waals surface area contributed by atoms with Crippen molar-refractivity contribution in [1.82, 2.24) is 0 Å². The highest BCUT2D eigenvalue weighted by molar-refractivity contribution is 5.85. The monoisotopic (exact) mass is 329 g/mol. The number of nitrogens with two attached hydrogens (primary N) is 1. The number of hydrogen-bond donors (Lipinski definition) is 1. The van der Waals surface area contributed by atoms with Crippen LogP contribution in [0.15, 0.2) is 30.3 Å². The molecule has 0 heterocycles. The Hall–Kier alpha value is -1.59. The maximum atomic E-state index is 11.7. The molecule has 1 aromatic carbocycles. The van der Waals surface area contributed by atoms with Crippen molar-refractivity contribution in [3.05, 3.63) is 35.9 Å². The van der Waals surface area contributed by atoms with Crippen LogP contribution < -0.4 is 5.73 Å². The Morgan fingerprint density at radius 3 is 2.32 bits per heavy atom. The van der Waals surface area contributed by atoms with Gasteiger partial charge in [0.25, 0.3) is 0 Å². The first-order chi connectivity index (χ1) is 9.78. The zero-order valence-corrected chi connectivity index (χ0v) is 14.0. The largest absolute Gasteiger partial charge is 0.461 e. The van der Waals surface area contributed by atoms with Gasteiger partial charge in [-0.3, -0.25) is 9.59 Å². The number of esters is 2. The number of carbonyl (C=O) groups is 2. The van der Waals surface area contributed by atoms with Crippen LogP contribution in [-0.4, -0.2) is 23.6 Å². The normalized spacial score (nSPS) is 12.0. The first-order valence-corrected chi connectivity index (χ1v) is 6.96. The average molecular weight is 330 g/mol. The Labute approximate surface area is 137 Å². The van der Waals surface area contributed by atoms with Gasteiger partial charge in [-0.2, -0.15) is 0 Å². The predicted octanol–water partition coefficient (Wildman–Crippen LogP) is 2.60. The van der Waals surface area contributed by atoms with Crippen LogP contribution >= 0.6 is 12.4 Å². The van der Waals surface area contributed by atoms with Crippen molar-refractivity contribution < 1.29 is 19.1 Å². The van der Waals surface area contributed by atoms with Gasteiger partial charge in [0, 0.05) is 6.42 Å². The summed E-state index contributed by atoms with van der Waals surface area (Å²) in [7, 11) is 0. The second-order valence-electron chi connectivity index (χ2n) is 5.82. The molecule has 0 radical (unpaired) electrons. The second kappa shape index (κ2) is 9.43. The zero-order valence-electron chi connectivity index (χ0n) is 13.2. The Kier molecular flexibility index (Phi) is 8.75. The van der Waals surface area contributed by atoms with Gasteiger partial charge in [-0.05, 0) is 32.8 Å². The van der Waals surface area contributed by atoms with E-state index >= 15 is 0 Å². The van der Waals surface area contributed by atoms with Crippen LogP contribution in [0.3, 0.4) is 0 Å². The Morgan fingerprint density at radius 2 is 1.77 bits per heavy atom. The number of ether oxygens (including phenoxy) is 2. The van der Waals surface area contributed by atoms with Crippen LogP contribution in [0.25, 0.3) is 0 Å². The van der Waals surface area contributed by atoms with Crippen molar-refractivity contribution >= 4 is 24.3 Å². The topological polar surface area (TPSA) is 78.6 Å². The quantitative estimate of drug-likeness (QED) is 0.811. The van der Waals surface area contributed by atoms with E-state index in [1.165, 1.54) is 0 Å². The Balaban J connectivity index is 0.00000441. The number of rotatable bonds is 6. The molecule has 0 aromatic heterocycles. The van der Waals surface area contributed by atoms with Gasteiger partial charge in [0.15, 0.2) is 0 Å². The smallest absolute Gasteiger partial charge is 0.323 e. The molecule has 0 aliphatic carbocycles. The van der Waals surface area contributed by atoms with Crippen LogP contribution in [0.2, 0.25) is 0 Å². The first kappa shape index (κ1) is 20.4. The minimum atomic E-state index is -0.812. The number of benzene rings is 1. The standard InChI is InChI=1S/C16H23NO4.ClH/c1-16(2,3)21-15(19)13(17)9-10-14(18)20-11-12-7-5-4-6-8-12;/h4-8,13H,9-11,17H2,1-3H3;1H/t13-;/m0./s1. The molecule has 0 aliphatic heterocycles. The van der Waals surface area contributed by atoms with E-state index < -0.39 is 17.6 Å². The summed E-state index contributed by atoms with van der Waals surface area (Å²) < 4.78 is 10.3. The number of carbonyl (C=O) groups excluding carboxylic acids is 2. The van der Waals surface area contributed by atoms with Crippen LogP contribution in [0.1, 0.15) is 39.2 Å². The van der Waals surface area contributed by atoms with Crippen molar-refractivity contribution in [2.75, 3.05) is 0 Å². The molecule has 124 valence electrons. The molecule has 0 fully saturated rings. The Bertz CT molecular complexity index is 471. The molecule has 6 heteroatoms. The van der Waals surface area contributed by atoms with Gasteiger partial charge < -0.3 is 15.2 Å². The summed E-state index contributed by atoms with van der Waals surface area (Å²) in [5, 5.41) is 0. The molecular weight excluding hydrogens is 306 g/mol. The van der Waals surface area contributed by atoms with Crippen LogP contribution in [0.4, 0.5) is 0 Å². The fourth-order valence-electron chi connectivity index (χ4n) is 1.58. The number of hydrogen-bond acceptors (Lipinski definition) is 5. The summed E-state index contributed by atoms with van der Waals surface area (Å²) in [5.41, 5.74) is 6.04. The molecule has 22 heavy (non-hydrogen) atoms. The molecule has 1 rings (SSSR count). The molecule has 0 unspecified atom stereocenters. The molecule has 0 saturated heterocycles. The fraction of sp³-hybridized carbons (Fsp3) is 0.500. The van der Waals surface area contributed by atoms with E-state index in [0.717, 1.165) is 5.56 Å². The molecule has 1 atom stereocenters. The molecule has 0 aliphatic rings. The molecule has 5 nitrogen and oxygen atoms in total. The SMILES string of the molecule is CC(C)(C)OC(=O)[C@@H](N)CCC(=O)OCc1ccccc1.Cl. The maximum absolute atomic E-state index is 11.7. The lowest BCUT2D eigenvalue weighted by molar-refractivity contribution is -0.156. The van der Waals surface area contributed by atoms with E-state index in [2.05, 4.69) is 0 Å². The second-order valence-corrected chi connectivity index (χ2v) is 5.82. The van der Waals surface area contributed by atoms with Crippen molar-refractivity contribution in [3.63, 3.8) is 0 Å². The van der Waals surface area contributed by atoms with Crippen LogP contribution in [0.5, 0.6) is 0 Å². The van der Waals surface area contributed by atoms with Gasteiger partial charge in [-0.1, -0.05) is 30.3 Å². The summed E-state index contributed by atoms with van der Waals surface area (Å²) in [6.45, 7) is 5.53. The highest BCUT2D eigenvalue weighted by atomic mass is 35.5. The summed E-state index contributed by atoms with van der Waals surface area (Å²) in [4.78, 5) is 23.2. The summed E-state index contributed by atoms with van der Waals surface area (Å²) in [6.07, 6.45) is 0.301. The van der Waals surface area contributed by atoms with Crippen molar-refractivity contribution in [2.45, 2.75) is 51.9 Å². The maximum Gasteiger partial charge on any atom is 0.323 e. The minimum absolute atomic E-state index is 0. The van der Waals surface area contributed by atoms with Crippen molar-refractivity contribution in [1.29, 1.82) is 0 Å². The molecule has 0 saturated carbocycles. The first-order valence-electron chi connectivity index (χ1n) is 6.96. The fourth-order valence-corrected chi connectivity index (χ4v) is 1.58. The minimum Gasteiger partial charge on any atom is -0.461 e. The third-order valence-corrected chi connectivity index (χ3v) is 2.61.